The molecule has 0 amide bonds. The molecule has 18 heavy (non-hydrogen) atoms. The second-order valence-corrected chi connectivity index (χ2v) is 4.51. The van der Waals surface area contributed by atoms with Crippen LogP contribution in [0.1, 0.15) is 12.8 Å². The van der Waals surface area contributed by atoms with Crippen molar-refractivity contribution in [1.29, 1.82) is 0 Å². The predicted molar refractivity (Wildman–Crippen MR) is 73.6 cm³/mol. The fourth-order valence-electron chi connectivity index (χ4n) is 1.65. The molecule has 0 radical (unpaired) electrons. The lowest BCUT2D eigenvalue weighted by Crippen LogP contribution is -2.14. The molecular weight excluding hydrogens is 233 g/mol. The zero-order chi connectivity index (χ0) is 13.5. The van der Waals surface area contributed by atoms with Crippen LogP contribution < -0.4 is 15.8 Å². The Bertz CT molecular complexity index is 383. The summed E-state index contributed by atoms with van der Waals surface area (Å²) in [6.45, 7) is 1.87. The van der Waals surface area contributed by atoms with Gasteiger partial charge in [-0.1, -0.05) is 0 Å². The minimum absolute atomic E-state index is 0.208. The molecule has 1 rings (SSSR count). The van der Waals surface area contributed by atoms with E-state index >= 15 is 0 Å². The van der Waals surface area contributed by atoms with E-state index in [2.05, 4.69) is 24.3 Å². The number of nitrogen functional groups attached to an aromatic ring is 1. The number of halogens is 1. The molecule has 0 aromatic heterocycles. The third-order valence-electron chi connectivity index (χ3n) is 2.67. The van der Waals surface area contributed by atoms with Crippen LogP contribution in [-0.2, 0) is 0 Å². The van der Waals surface area contributed by atoms with Crippen LogP contribution in [0.4, 0.5) is 15.8 Å². The third-order valence-corrected chi connectivity index (χ3v) is 2.67. The highest BCUT2D eigenvalue weighted by atomic mass is 19.1. The molecule has 0 heterocycles. The molecule has 0 bridgehead atoms. The van der Waals surface area contributed by atoms with Crippen LogP contribution >= 0.6 is 0 Å². The molecule has 0 aliphatic rings. The molecule has 4 nitrogen and oxygen atoms in total. The number of unbranched alkanes of at least 4 members (excludes halogenated alkanes) is 1. The molecule has 0 saturated heterocycles. The largest absolute Gasteiger partial charge is 0.494 e. The molecule has 0 unspecified atom stereocenters. The molecule has 0 spiro atoms. The lowest BCUT2D eigenvalue weighted by atomic mass is 10.2. The number of nitrogens with two attached hydrogens (primary N) is 1. The number of nitrogens with zero attached hydrogens (tertiary/aromatic N) is 1. The van der Waals surface area contributed by atoms with Crippen molar-refractivity contribution in [3.63, 3.8) is 0 Å². The van der Waals surface area contributed by atoms with Gasteiger partial charge in [-0.2, -0.15) is 0 Å². The van der Waals surface area contributed by atoms with Crippen molar-refractivity contribution in [3.8, 4) is 5.75 Å². The van der Waals surface area contributed by atoms with Crippen molar-refractivity contribution in [2.75, 3.05) is 45.3 Å². The van der Waals surface area contributed by atoms with Gasteiger partial charge in [-0.05, 0) is 33.5 Å². The van der Waals surface area contributed by atoms with Gasteiger partial charge < -0.3 is 20.7 Å². The Morgan fingerprint density at radius 3 is 2.67 bits per heavy atom. The van der Waals surface area contributed by atoms with Crippen LogP contribution in [0.2, 0.25) is 0 Å². The molecule has 3 N–H and O–H groups in total. The maximum absolute atomic E-state index is 13.3. The molecule has 0 atom stereocenters. The summed E-state index contributed by atoms with van der Waals surface area (Å²) in [6, 6.07) is 2.87. The average molecular weight is 255 g/mol. The first-order valence-corrected chi connectivity index (χ1v) is 6.06. The lowest BCUT2D eigenvalue weighted by molar-refractivity contribution is 0.387. The Morgan fingerprint density at radius 1 is 1.33 bits per heavy atom. The number of nitrogens with one attached hydrogen (secondary N) is 1. The Labute approximate surface area is 108 Å². The second-order valence-electron chi connectivity index (χ2n) is 4.51. The van der Waals surface area contributed by atoms with Gasteiger partial charge in [0, 0.05) is 18.7 Å². The van der Waals surface area contributed by atoms with Crippen LogP contribution in [0.25, 0.3) is 0 Å². The SMILES string of the molecule is COc1cc(NCCCCN(C)C)c(N)cc1F. The number of ether oxygens (including phenoxy) is 1. The Hall–Kier alpha value is -1.49. The molecular formula is C13H22FN3O. The van der Waals surface area contributed by atoms with Gasteiger partial charge in [0.2, 0.25) is 0 Å². The summed E-state index contributed by atoms with van der Waals surface area (Å²) in [6.07, 6.45) is 2.15. The summed E-state index contributed by atoms with van der Waals surface area (Å²) in [7, 11) is 5.54. The Balaban J connectivity index is 2.47. The average Bonchev–Trinajstić information content (AvgIpc) is 2.30. The second kappa shape index (κ2) is 7.06. The van der Waals surface area contributed by atoms with E-state index < -0.39 is 5.82 Å². The number of hydrogen-bond donors (Lipinski definition) is 2. The number of hydrogen-bond acceptors (Lipinski definition) is 4. The zero-order valence-corrected chi connectivity index (χ0v) is 11.3. The first-order valence-electron chi connectivity index (χ1n) is 6.06. The number of anilines is 2. The number of benzene rings is 1. The van der Waals surface area contributed by atoms with E-state index in [0.29, 0.717) is 5.69 Å². The number of rotatable bonds is 7. The van der Waals surface area contributed by atoms with Crippen molar-refractivity contribution in [3.05, 3.63) is 17.9 Å². The van der Waals surface area contributed by atoms with Crippen LogP contribution in [0.3, 0.4) is 0 Å². The molecule has 0 aliphatic carbocycles. The molecule has 0 fully saturated rings. The predicted octanol–water partition coefficient (Wildman–Crippen LogP) is 2.17. The molecule has 5 heteroatoms. The lowest BCUT2D eigenvalue weighted by Gasteiger charge is -2.13. The summed E-state index contributed by atoms with van der Waals surface area (Å²) in [5, 5.41) is 3.20. The van der Waals surface area contributed by atoms with Crippen molar-refractivity contribution in [2.24, 2.45) is 0 Å². The quantitative estimate of drug-likeness (QED) is 0.579. The topological polar surface area (TPSA) is 50.5 Å². The fourth-order valence-corrected chi connectivity index (χ4v) is 1.65. The molecule has 0 saturated carbocycles. The van der Waals surface area contributed by atoms with Gasteiger partial charge in [-0.3, -0.25) is 0 Å². The van der Waals surface area contributed by atoms with E-state index in [1.54, 1.807) is 6.07 Å². The van der Waals surface area contributed by atoms with E-state index in [1.165, 1.54) is 13.2 Å². The normalized spacial score (nSPS) is 10.7. The van der Waals surface area contributed by atoms with Crippen molar-refractivity contribution in [1.82, 2.24) is 4.90 Å². The first kappa shape index (κ1) is 14.6. The number of methoxy groups -OCH3 is 1. The van der Waals surface area contributed by atoms with Gasteiger partial charge >= 0.3 is 0 Å². The minimum atomic E-state index is -0.437. The maximum atomic E-state index is 13.3. The van der Waals surface area contributed by atoms with Crippen molar-refractivity contribution >= 4 is 11.4 Å². The van der Waals surface area contributed by atoms with Crippen molar-refractivity contribution in [2.45, 2.75) is 12.8 Å². The molecule has 1 aromatic carbocycles. The smallest absolute Gasteiger partial charge is 0.167 e. The van der Waals surface area contributed by atoms with E-state index in [0.717, 1.165) is 31.6 Å². The molecule has 0 aliphatic heterocycles. The Morgan fingerprint density at radius 2 is 2.06 bits per heavy atom. The van der Waals surface area contributed by atoms with Crippen LogP contribution in [0.15, 0.2) is 12.1 Å². The summed E-state index contributed by atoms with van der Waals surface area (Å²) in [5.74, 6) is -0.229. The highest BCUT2D eigenvalue weighted by Gasteiger charge is 2.07. The Kier molecular flexibility index (Phi) is 5.71. The highest BCUT2D eigenvalue weighted by molar-refractivity contribution is 5.68. The van der Waals surface area contributed by atoms with Crippen LogP contribution in [0, 0.1) is 5.82 Å². The highest BCUT2D eigenvalue weighted by Crippen LogP contribution is 2.27. The molecule has 1 aromatic rings. The zero-order valence-electron chi connectivity index (χ0n) is 11.3. The first-order chi connectivity index (χ1) is 8.54. The van der Waals surface area contributed by atoms with Crippen LogP contribution in [0.5, 0.6) is 5.75 Å². The minimum Gasteiger partial charge on any atom is -0.494 e. The van der Waals surface area contributed by atoms with Gasteiger partial charge in [-0.15, -0.1) is 0 Å². The van der Waals surface area contributed by atoms with E-state index in [9.17, 15) is 4.39 Å². The summed E-state index contributed by atoms with van der Waals surface area (Å²) in [4.78, 5) is 2.15. The fraction of sp³-hybridized carbons (Fsp3) is 0.538. The van der Waals surface area contributed by atoms with E-state index in [4.69, 9.17) is 10.5 Å². The van der Waals surface area contributed by atoms with Gasteiger partial charge in [0.25, 0.3) is 0 Å². The van der Waals surface area contributed by atoms with E-state index in [1.807, 2.05) is 0 Å². The van der Waals surface area contributed by atoms with Gasteiger partial charge in [0.05, 0.1) is 18.5 Å². The standard InChI is InChI=1S/C13H22FN3O/c1-17(2)7-5-4-6-16-12-9-13(18-3)10(14)8-11(12)15/h8-9,16H,4-7,15H2,1-3H3. The van der Waals surface area contributed by atoms with Crippen LogP contribution in [-0.4, -0.2) is 39.2 Å². The summed E-state index contributed by atoms with van der Waals surface area (Å²) in [5.41, 5.74) is 6.87. The van der Waals surface area contributed by atoms with Gasteiger partial charge in [0.1, 0.15) is 0 Å². The van der Waals surface area contributed by atoms with Gasteiger partial charge in [-0.25, -0.2) is 4.39 Å². The maximum Gasteiger partial charge on any atom is 0.167 e. The van der Waals surface area contributed by atoms with Gasteiger partial charge in [0.15, 0.2) is 11.6 Å². The third kappa shape index (κ3) is 4.41. The monoisotopic (exact) mass is 255 g/mol. The summed E-state index contributed by atoms with van der Waals surface area (Å²) >= 11 is 0. The summed E-state index contributed by atoms with van der Waals surface area (Å²) < 4.78 is 18.2. The van der Waals surface area contributed by atoms with E-state index in [-0.39, 0.29) is 5.75 Å². The molecule has 102 valence electrons. The van der Waals surface area contributed by atoms with Crippen molar-refractivity contribution < 1.29 is 9.13 Å².